The molecule has 0 atom stereocenters. The van der Waals surface area contributed by atoms with Gasteiger partial charge in [-0.3, -0.25) is 4.79 Å². The third-order valence-electron chi connectivity index (χ3n) is 5.36. The Morgan fingerprint density at radius 2 is 1.93 bits per heavy atom. The predicted octanol–water partition coefficient (Wildman–Crippen LogP) is 2.04. The Hall–Kier alpha value is -1.78. The molecule has 0 spiro atoms. The van der Waals surface area contributed by atoms with E-state index >= 15 is 0 Å². The van der Waals surface area contributed by atoms with Gasteiger partial charge >= 0.3 is 0 Å². The summed E-state index contributed by atoms with van der Waals surface area (Å²) in [6.45, 7) is 1.07. The van der Waals surface area contributed by atoms with Gasteiger partial charge in [0.25, 0.3) is 5.91 Å². The number of sulfonamides is 1. The number of nitrogens with zero attached hydrogens (tertiary/aromatic N) is 4. The number of carbonyl (C=O) groups is 1. The van der Waals surface area contributed by atoms with Gasteiger partial charge < -0.3 is 5.32 Å². The molecule has 0 aromatic carbocycles. The highest BCUT2D eigenvalue weighted by atomic mass is 32.2. The number of hydrogen-bond acceptors (Lipinski definition) is 6. The molecule has 0 bridgehead atoms. The standard InChI is InChI=1S/C17H23N5O3S2/c23-17(20-13-3-5-14(6-4-13)22-12-18-11-19-22)16-15(7-10-26-16)27(24,25)21-8-1-2-9-21/h7,10-14H,1-6,8-9H2,(H,20,23). The predicted molar refractivity (Wildman–Crippen MR) is 101 cm³/mol. The average Bonchev–Trinajstić information content (AvgIpc) is 3.44. The summed E-state index contributed by atoms with van der Waals surface area (Å²) in [6.07, 6.45) is 8.53. The number of amides is 1. The number of carbonyl (C=O) groups excluding carboxylic acids is 1. The molecule has 1 aliphatic carbocycles. The summed E-state index contributed by atoms with van der Waals surface area (Å²) in [7, 11) is -3.59. The number of thiophene rings is 1. The fraction of sp³-hybridized carbons (Fsp3) is 0.588. The van der Waals surface area contributed by atoms with E-state index in [0.717, 1.165) is 38.5 Å². The van der Waals surface area contributed by atoms with Crippen molar-refractivity contribution >= 4 is 27.3 Å². The maximum atomic E-state index is 12.8. The monoisotopic (exact) mass is 409 g/mol. The second-order valence-corrected chi connectivity index (χ2v) is 9.90. The summed E-state index contributed by atoms with van der Waals surface area (Å²) < 4.78 is 29.0. The quantitative estimate of drug-likeness (QED) is 0.815. The van der Waals surface area contributed by atoms with Gasteiger partial charge in [-0.05, 0) is 50.0 Å². The molecular weight excluding hydrogens is 386 g/mol. The molecule has 1 aliphatic heterocycles. The zero-order valence-corrected chi connectivity index (χ0v) is 16.6. The van der Waals surface area contributed by atoms with Crippen molar-refractivity contribution in [1.29, 1.82) is 0 Å². The molecule has 2 aromatic rings. The van der Waals surface area contributed by atoms with Crippen LogP contribution in [-0.2, 0) is 10.0 Å². The zero-order chi connectivity index (χ0) is 18.9. The summed E-state index contributed by atoms with van der Waals surface area (Å²) >= 11 is 1.19. The highest BCUT2D eigenvalue weighted by Crippen LogP contribution is 2.30. The second kappa shape index (κ2) is 7.69. The van der Waals surface area contributed by atoms with E-state index in [2.05, 4.69) is 15.4 Å². The summed E-state index contributed by atoms with van der Waals surface area (Å²) in [5.74, 6) is -0.285. The van der Waals surface area contributed by atoms with Gasteiger partial charge in [0.1, 0.15) is 22.4 Å². The molecule has 1 amide bonds. The summed E-state index contributed by atoms with van der Waals surface area (Å²) in [4.78, 5) is 17.2. The Labute approximate surface area is 162 Å². The van der Waals surface area contributed by atoms with Crippen LogP contribution in [0.3, 0.4) is 0 Å². The minimum Gasteiger partial charge on any atom is -0.349 e. The third-order valence-corrected chi connectivity index (χ3v) is 8.34. The molecule has 146 valence electrons. The van der Waals surface area contributed by atoms with Crippen molar-refractivity contribution < 1.29 is 13.2 Å². The van der Waals surface area contributed by atoms with E-state index in [1.807, 2.05) is 4.68 Å². The van der Waals surface area contributed by atoms with Crippen LogP contribution in [0.15, 0.2) is 29.0 Å². The molecule has 2 fully saturated rings. The first-order chi connectivity index (χ1) is 13.1. The largest absolute Gasteiger partial charge is 0.349 e. The van der Waals surface area contributed by atoms with Crippen molar-refractivity contribution in [2.75, 3.05) is 13.1 Å². The first kappa shape index (κ1) is 18.6. The zero-order valence-electron chi connectivity index (χ0n) is 15.0. The molecule has 2 aromatic heterocycles. The molecule has 8 nitrogen and oxygen atoms in total. The van der Waals surface area contributed by atoms with Crippen molar-refractivity contribution in [2.24, 2.45) is 0 Å². The van der Waals surface area contributed by atoms with Crippen LogP contribution < -0.4 is 5.32 Å². The molecule has 0 radical (unpaired) electrons. The molecule has 0 unspecified atom stereocenters. The Bertz CT molecular complexity index is 880. The van der Waals surface area contributed by atoms with E-state index in [1.54, 1.807) is 17.8 Å². The Kier molecular flexibility index (Phi) is 5.29. The maximum absolute atomic E-state index is 12.8. The fourth-order valence-corrected chi connectivity index (χ4v) is 6.70. The van der Waals surface area contributed by atoms with Gasteiger partial charge in [0.15, 0.2) is 0 Å². The van der Waals surface area contributed by atoms with Gasteiger partial charge in [-0.25, -0.2) is 18.1 Å². The molecule has 4 rings (SSSR count). The third kappa shape index (κ3) is 3.78. The normalized spacial score (nSPS) is 24.1. The first-order valence-corrected chi connectivity index (χ1v) is 11.6. The smallest absolute Gasteiger partial charge is 0.262 e. The lowest BCUT2D eigenvalue weighted by atomic mass is 9.91. The van der Waals surface area contributed by atoms with Crippen LogP contribution in [0.25, 0.3) is 0 Å². The van der Waals surface area contributed by atoms with Gasteiger partial charge in [-0.15, -0.1) is 11.3 Å². The molecule has 1 saturated carbocycles. The average molecular weight is 410 g/mol. The fourth-order valence-electron chi connectivity index (χ4n) is 3.88. The van der Waals surface area contributed by atoms with E-state index in [-0.39, 0.29) is 16.8 Å². The van der Waals surface area contributed by atoms with Gasteiger partial charge in [0.05, 0.1) is 6.04 Å². The first-order valence-electron chi connectivity index (χ1n) is 9.28. The lowest BCUT2D eigenvalue weighted by Crippen LogP contribution is -2.38. The van der Waals surface area contributed by atoms with Crippen LogP contribution in [0, 0.1) is 0 Å². The minimum atomic E-state index is -3.59. The van der Waals surface area contributed by atoms with Crippen molar-refractivity contribution in [1.82, 2.24) is 24.4 Å². The van der Waals surface area contributed by atoms with Crippen LogP contribution in [0.4, 0.5) is 0 Å². The second-order valence-electron chi connectivity index (χ2n) is 7.08. The van der Waals surface area contributed by atoms with Crippen LogP contribution in [-0.4, -0.2) is 52.5 Å². The minimum absolute atomic E-state index is 0.0571. The van der Waals surface area contributed by atoms with Crippen molar-refractivity contribution in [3.05, 3.63) is 29.0 Å². The Balaban J connectivity index is 1.41. The lowest BCUT2D eigenvalue weighted by molar-refractivity contribution is 0.0922. The number of nitrogens with one attached hydrogen (secondary N) is 1. The van der Waals surface area contributed by atoms with Crippen LogP contribution in [0.5, 0.6) is 0 Å². The van der Waals surface area contributed by atoms with Crippen molar-refractivity contribution in [3.8, 4) is 0 Å². The van der Waals surface area contributed by atoms with Crippen molar-refractivity contribution in [2.45, 2.75) is 55.5 Å². The van der Waals surface area contributed by atoms with Gasteiger partial charge in [0.2, 0.25) is 10.0 Å². The lowest BCUT2D eigenvalue weighted by Gasteiger charge is -2.29. The van der Waals surface area contributed by atoms with Crippen LogP contribution in [0.2, 0.25) is 0 Å². The number of aromatic nitrogens is 3. The molecule has 3 heterocycles. The summed E-state index contributed by atoms with van der Waals surface area (Å²) in [5.41, 5.74) is 0. The molecule has 1 saturated heterocycles. The Morgan fingerprint density at radius 1 is 1.19 bits per heavy atom. The number of hydrogen-bond donors (Lipinski definition) is 1. The Morgan fingerprint density at radius 3 is 2.59 bits per heavy atom. The van der Waals surface area contributed by atoms with Gasteiger partial charge in [-0.2, -0.15) is 9.40 Å². The maximum Gasteiger partial charge on any atom is 0.262 e. The molecule has 2 aliphatic rings. The van der Waals surface area contributed by atoms with Crippen molar-refractivity contribution in [3.63, 3.8) is 0 Å². The molecular formula is C17H23N5O3S2. The van der Waals surface area contributed by atoms with Crippen LogP contribution >= 0.6 is 11.3 Å². The highest BCUT2D eigenvalue weighted by Gasteiger charge is 2.33. The van der Waals surface area contributed by atoms with Crippen LogP contribution in [0.1, 0.15) is 54.2 Å². The van der Waals surface area contributed by atoms with E-state index in [0.29, 0.717) is 24.0 Å². The highest BCUT2D eigenvalue weighted by molar-refractivity contribution is 7.89. The molecule has 1 N–H and O–H groups in total. The molecule has 10 heteroatoms. The summed E-state index contributed by atoms with van der Waals surface area (Å²) in [5, 5.41) is 8.90. The number of rotatable bonds is 5. The van der Waals surface area contributed by atoms with E-state index < -0.39 is 10.0 Å². The van der Waals surface area contributed by atoms with E-state index in [4.69, 9.17) is 0 Å². The van der Waals surface area contributed by atoms with Gasteiger partial charge in [-0.1, -0.05) is 0 Å². The SMILES string of the molecule is O=C(NC1CCC(n2cncn2)CC1)c1sccc1S(=O)(=O)N1CCCC1. The topological polar surface area (TPSA) is 97.2 Å². The van der Waals surface area contributed by atoms with Gasteiger partial charge in [0, 0.05) is 19.1 Å². The van der Waals surface area contributed by atoms with E-state index in [9.17, 15) is 13.2 Å². The molecule has 27 heavy (non-hydrogen) atoms. The van der Waals surface area contributed by atoms with E-state index in [1.165, 1.54) is 22.0 Å². The summed E-state index contributed by atoms with van der Waals surface area (Å²) in [6, 6.07) is 1.92.